The Bertz CT molecular complexity index is 393. The first-order valence-electron chi connectivity index (χ1n) is 6.37. The van der Waals surface area contributed by atoms with Gasteiger partial charge in [-0.05, 0) is 30.9 Å². The van der Waals surface area contributed by atoms with Gasteiger partial charge in [0.2, 0.25) is 0 Å². The zero-order chi connectivity index (χ0) is 13.5. The Hall–Kier alpha value is -1.55. The van der Waals surface area contributed by atoms with Crippen LogP contribution in [0.1, 0.15) is 32.3 Å². The molecule has 2 atom stereocenters. The van der Waals surface area contributed by atoms with Crippen LogP contribution in [0.4, 0.5) is 0 Å². The van der Waals surface area contributed by atoms with Crippen molar-refractivity contribution in [3.05, 3.63) is 29.8 Å². The molecule has 1 aromatic rings. The van der Waals surface area contributed by atoms with E-state index < -0.39 is 12.0 Å². The molecule has 0 aliphatic carbocycles. The molecular formula is C14H22N2O2. The fraction of sp³-hybridized carbons (Fsp3) is 0.500. The third-order valence-electron chi connectivity index (χ3n) is 2.94. The summed E-state index contributed by atoms with van der Waals surface area (Å²) in [7, 11) is 0. The number of rotatable bonds is 7. The Morgan fingerprint density at radius 1 is 1.28 bits per heavy atom. The van der Waals surface area contributed by atoms with Crippen LogP contribution in [0.2, 0.25) is 0 Å². The first-order chi connectivity index (χ1) is 8.58. The largest absolute Gasteiger partial charge is 0.480 e. The van der Waals surface area contributed by atoms with Crippen molar-refractivity contribution >= 4 is 5.91 Å². The van der Waals surface area contributed by atoms with Gasteiger partial charge < -0.3 is 16.2 Å². The van der Waals surface area contributed by atoms with Crippen molar-refractivity contribution in [3.8, 4) is 5.75 Å². The minimum Gasteiger partial charge on any atom is -0.480 e. The molecular weight excluding hydrogens is 228 g/mol. The number of amides is 1. The normalized spacial score (nSPS) is 13.9. The second kappa shape index (κ2) is 7.01. The fourth-order valence-corrected chi connectivity index (χ4v) is 1.71. The van der Waals surface area contributed by atoms with E-state index in [1.807, 2.05) is 38.1 Å². The number of ether oxygens (including phenoxy) is 1. The Kier molecular flexibility index (Phi) is 5.65. The molecule has 0 saturated carbocycles. The molecule has 18 heavy (non-hydrogen) atoms. The summed E-state index contributed by atoms with van der Waals surface area (Å²) in [5.41, 5.74) is 12.3. The highest BCUT2D eigenvalue weighted by Crippen LogP contribution is 2.21. The van der Waals surface area contributed by atoms with Crippen molar-refractivity contribution in [2.24, 2.45) is 11.5 Å². The lowest BCUT2D eigenvalue weighted by Gasteiger charge is -2.18. The summed E-state index contributed by atoms with van der Waals surface area (Å²) in [5.74, 6) is 0.263. The van der Waals surface area contributed by atoms with Gasteiger partial charge in [-0.3, -0.25) is 4.79 Å². The molecule has 4 nitrogen and oxygen atoms in total. The average Bonchev–Trinajstić information content (AvgIpc) is 2.37. The maximum absolute atomic E-state index is 11.2. The average molecular weight is 250 g/mol. The molecule has 1 aromatic carbocycles. The lowest BCUT2D eigenvalue weighted by atomic mass is 10.0. The summed E-state index contributed by atoms with van der Waals surface area (Å²) in [6.07, 6.45) is 1.62. The summed E-state index contributed by atoms with van der Waals surface area (Å²) >= 11 is 0. The zero-order valence-electron chi connectivity index (χ0n) is 11.1. The highest BCUT2D eigenvalue weighted by atomic mass is 16.5. The molecule has 100 valence electrons. The van der Waals surface area contributed by atoms with Crippen molar-refractivity contribution in [3.63, 3.8) is 0 Å². The Labute approximate surface area is 108 Å². The first kappa shape index (κ1) is 14.5. The molecule has 0 spiro atoms. The Balaban J connectivity index is 2.84. The molecule has 0 bridgehead atoms. The molecule has 2 unspecified atom stereocenters. The van der Waals surface area contributed by atoms with Crippen molar-refractivity contribution in [2.45, 2.75) is 45.3 Å². The summed E-state index contributed by atoms with van der Waals surface area (Å²) < 4.78 is 5.67. The Morgan fingerprint density at radius 2 is 1.94 bits per heavy atom. The monoisotopic (exact) mass is 250 g/mol. The van der Waals surface area contributed by atoms with Crippen molar-refractivity contribution in [1.29, 1.82) is 0 Å². The molecule has 1 rings (SSSR count). The van der Waals surface area contributed by atoms with Crippen LogP contribution in [0.15, 0.2) is 24.3 Å². The number of carbonyl (C=O) groups excluding carboxylic acids is 1. The number of primary amides is 1. The van der Waals surface area contributed by atoms with E-state index >= 15 is 0 Å². The van der Waals surface area contributed by atoms with Gasteiger partial charge in [0, 0.05) is 6.04 Å². The van der Waals surface area contributed by atoms with Gasteiger partial charge in [0.1, 0.15) is 5.75 Å². The first-order valence-corrected chi connectivity index (χ1v) is 6.37. The number of para-hydroxylation sites is 1. The summed E-state index contributed by atoms with van der Waals surface area (Å²) in [6.45, 7) is 3.92. The lowest BCUT2D eigenvalue weighted by Crippen LogP contribution is -2.33. The van der Waals surface area contributed by atoms with Crippen molar-refractivity contribution in [2.75, 3.05) is 0 Å². The number of hydrogen-bond donors (Lipinski definition) is 2. The van der Waals surface area contributed by atoms with Crippen LogP contribution >= 0.6 is 0 Å². The third-order valence-corrected chi connectivity index (χ3v) is 2.94. The molecule has 0 radical (unpaired) electrons. The predicted molar refractivity (Wildman–Crippen MR) is 72.3 cm³/mol. The highest BCUT2D eigenvalue weighted by Gasteiger charge is 2.16. The smallest absolute Gasteiger partial charge is 0.258 e. The van der Waals surface area contributed by atoms with Gasteiger partial charge in [0.25, 0.3) is 5.91 Å². The SMILES string of the molecule is CCC(N)Cc1ccccc1OC(CC)C(N)=O. The summed E-state index contributed by atoms with van der Waals surface area (Å²) in [5, 5.41) is 0. The minimum absolute atomic E-state index is 0.100. The van der Waals surface area contributed by atoms with E-state index in [1.165, 1.54) is 0 Å². The molecule has 4 N–H and O–H groups in total. The second-order valence-electron chi connectivity index (χ2n) is 4.40. The van der Waals surface area contributed by atoms with Crippen LogP contribution in [0.3, 0.4) is 0 Å². The standard InChI is InChI=1S/C14H22N2O2/c1-3-11(15)9-10-7-5-6-8-13(10)18-12(4-2)14(16)17/h5-8,11-12H,3-4,9,15H2,1-2H3,(H2,16,17). The molecule has 0 fully saturated rings. The van der Waals surface area contributed by atoms with Crippen LogP contribution in [-0.4, -0.2) is 18.1 Å². The molecule has 0 aliphatic rings. The lowest BCUT2D eigenvalue weighted by molar-refractivity contribution is -0.124. The van der Waals surface area contributed by atoms with Gasteiger partial charge in [-0.15, -0.1) is 0 Å². The van der Waals surface area contributed by atoms with Gasteiger partial charge in [-0.1, -0.05) is 32.0 Å². The number of hydrogen-bond acceptors (Lipinski definition) is 3. The van der Waals surface area contributed by atoms with Gasteiger partial charge >= 0.3 is 0 Å². The molecule has 1 amide bonds. The van der Waals surface area contributed by atoms with Crippen LogP contribution in [0.5, 0.6) is 5.75 Å². The van der Waals surface area contributed by atoms with Crippen molar-refractivity contribution < 1.29 is 9.53 Å². The zero-order valence-corrected chi connectivity index (χ0v) is 11.1. The van der Waals surface area contributed by atoms with Crippen LogP contribution in [0, 0.1) is 0 Å². The second-order valence-corrected chi connectivity index (χ2v) is 4.40. The number of nitrogens with two attached hydrogens (primary N) is 2. The molecule has 0 saturated heterocycles. The van der Waals surface area contributed by atoms with Crippen LogP contribution in [-0.2, 0) is 11.2 Å². The van der Waals surface area contributed by atoms with Gasteiger partial charge in [0.05, 0.1) is 0 Å². The van der Waals surface area contributed by atoms with E-state index in [0.717, 1.165) is 18.4 Å². The van der Waals surface area contributed by atoms with Gasteiger partial charge in [-0.25, -0.2) is 0 Å². The van der Waals surface area contributed by atoms with E-state index in [1.54, 1.807) is 0 Å². The number of carbonyl (C=O) groups is 1. The molecule has 0 aromatic heterocycles. The van der Waals surface area contributed by atoms with E-state index in [0.29, 0.717) is 12.2 Å². The van der Waals surface area contributed by atoms with E-state index in [9.17, 15) is 4.79 Å². The van der Waals surface area contributed by atoms with Crippen molar-refractivity contribution in [1.82, 2.24) is 0 Å². The van der Waals surface area contributed by atoms with Gasteiger partial charge in [-0.2, -0.15) is 0 Å². The highest BCUT2D eigenvalue weighted by molar-refractivity contribution is 5.79. The van der Waals surface area contributed by atoms with Gasteiger partial charge in [0.15, 0.2) is 6.10 Å². The molecule has 0 heterocycles. The summed E-state index contributed by atoms with van der Waals surface area (Å²) in [4.78, 5) is 11.2. The third kappa shape index (κ3) is 4.04. The quantitative estimate of drug-likeness (QED) is 0.771. The maximum atomic E-state index is 11.2. The minimum atomic E-state index is -0.580. The van der Waals surface area contributed by atoms with Crippen LogP contribution < -0.4 is 16.2 Å². The molecule has 4 heteroatoms. The molecule has 0 aliphatic heterocycles. The van der Waals surface area contributed by atoms with E-state index in [4.69, 9.17) is 16.2 Å². The fourth-order valence-electron chi connectivity index (χ4n) is 1.71. The maximum Gasteiger partial charge on any atom is 0.258 e. The predicted octanol–water partition coefficient (Wildman–Crippen LogP) is 1.61. The topological polar surface area (TPSA) is 78.3 Å². The Morgan fingerprint density at radius 3 is 2.50 bits per heavy atom. The van der Waals surface area contributed by atoms with E-state index in [2.05, 4.69) is 0 Å². The number of benzene rings is 1. The van der Waals surface area contributed by atoms with E-state index in [-0.39, 0.29) is 6.04 Å². The van der Waals surface area contributed by atoms with Crippen LogP contribution in [0.25, 0.3) is 0 Å². The summed E-state index contributed by atoms with van der Waals surface area (Å²) in [6, 6.07) is 7.74.